The smallest absolute Gasteiger partial charge is 0.338 e. The minimum Gasteiger partial charge on any atom is -0.338 e. The van der Waals surface area contributed by atoms with Crippen molar-refractivity contribution in [3.63, 3.8) is 0 Å². The molecule has 1 N–H and O–H groups in total. The molecule has 4 nitrogen and oxygen atoms in total. The predicted octanol–water partition coefficient (Wildman–Crippen LogP) is 4.25. The number of alkyl halides is 3. The Kier molecular flexibility index (Phi) is 5.21. The Morgan fingerprint density at radius 1 is 1.07 bits per heavy atom. The predicted molar refractivity (Wildman–Crippen MR) is 94.8 cm³/mol. The van der Waals surface area contributed by atoms with Crippen LogP contribution in [0.5, 0.6) is 0 Å². The maximum atomic E-state index is 12.8. The van der Waals surface area contributed by atoms with Crippen molar-refractivity contribution in [3.8, 4) is 0 Å². The molecule has 2 aromatic carbocycles. The van der Waals surface area contributed by atoms with E-state index in [4.69, 9.17) is 0 Å². The van der Waals surface area contributed by atoms with Gasteiger partial charge in [-0.25, -0.2) is 0 Å². The van der Waals surface area contributed by atoms with Crippen LogP contribution in [0.3, 0.4) is 0 Å². The zero-order chi connectivity index (χ0) is 19.6. The number of carbonyl (C=O) groups excluding carboxylic acids is 2. The fourth-order valence-electron chi connectivity index (χ4n) is 3.40. The van der Waals surface area contributed by atoms with Crippen LogP contribution in [0.2, 0.25) is 0 Å². The molecule has 27 heavy (non-hydrogen) atoms. The largest absolute Gasteiger partial charge is 0.416 e. The average molecular weight is 376 g/mol. The zero-order valence-corrected chi connectivity index (χ0v) is 14.7. The van der Waals surface area contributed by atoms with Gasteiger partial charge in [-0.3, -0.25) is 9.59 Å². The van der Waals surface area contributed by atoms with Crippen LogP contribution in [0, 0.1) is 5.92 Å². The lowest BCUT2D eigenvalue weighted by Gasteiger charge is -2.38. The van der Waals surface area contributed by atoms with Crippen LogP contribution in [0.4, 0.5) is 18.9 Å². The standard InChI is InChI=1S/C20H19F3N2O2/c1-25-17(26)12-11-16(18(25)13-5-3-2-4-6-13)19(27)24-15-9-7-14(8-10-15)20(21,22)23/h2-10,16,18H,11-12H2,1H3,(H,24,27)/t16-,18-/m1/s1. The Hall–Kier alpha value is -2.83. The third-order valence-electron chi connectivity index (χ3n) is 4.82. The normalized spacial score (nSPS) is 20.4. The Morgan fingerprint density at radius 2 is 1.70 bits per heavy atom. The molecule has 0 saturated carbocycles. The maximum absolute atomic E-state index is 12.8. The SMILES string of the molecule is CN1C(=O)CC[C@@H](C(=O)Nc2ccc(C(F)(F)F)cc2)[C@H]1c1ccccc1. The molecule has 0 unspecified atom stereocenters. The van der Waals surface area contributed by atoms with Gasteiger partial charge in [0.1, 0.15) is 0 Å². The lowest BCUT2D eigenvalue weighted by molar-refractivity contribution is -0.140. The second-order valence-corrected chi connectivity index (χ2v) is 6.57. The van der Waals surface area contributed by atoms with Crippen molar-refractivity contribution >= 4 is 17.5 Å². The van der Waals surface area contributed by atoms with Gasteiger partial charge in [0.15, 0.2) is 0 Å². The van der Waals surface area contributed by atoms with E-state index >= 15 is 0 Å². The molecule has 1 saturated heterocycles. The topological polar surface area (TPSA) is 49.4 Å². The second kappa shape index (κ2) is 7.42. The average Bonchev–Trinajstić information content (AvgIpc) is 2.64. The summed E-state index contributed by atoms with van der Waals surface area (Å²) in [5.74, 6) is -0.845. The summed E-state index contributed by atoms with van der Waals surface area (Å²) in [6.07, 6.45) is -3.78. The Bertz CT molecular complexity index is 819. The van der Waals surface area contributed by atoms with E-state index in [9.17, 15) is 22.8 Å². The van der Waals surface area contributed by atoms with E-state index in [2.05, 4.69) is 5.32 Å². The number of nitrogens with one attached hydrogen (secondary N) is 1. The van der Waals surface area contributed by atoms with Crippen molar-refractivity contribution in [3.05, 3.63) is 65.7 Å². The van der Waals surface area contributed by atoms with E-state index in [1.807, 2.05) is 30.3 Å². The van der Waals surface area contributed by atoms with Crippen LogP contribution >= 0.6 is 0 Å². The highest BCUT2D eigenvalue weighted by Gasteiger charge is 2.39. The van der Waals surface area contributed by atoms with Gasteiger partial charge in [-0.05, 0) is 36.2 Å². The van der Waals surface area contributed by atoms with E-state index in [-0.39, 0.29) is 18.2 Å². The number of halogens is 3. The molecule has 1 aliphatic heterocycles. The van der Waals surface area contributed by atoms with Crippen molar-refractivity contribution in [1.29, 1.82) is 0 Å². The van der Waals surface area contributed by atoms with Gasteiger partial charge in [-0.2, -0.15) is 13.2 Å². The first-order valence-electron chi connectivity index (χ1n) is 8.56. The molecule has 7 heteroatoms. The lowest BCUT2D eigenvalue weighted by atomic mass is 9.84. The van der Waals surface area contributed by atoms with Crippen molar-refractivity contribution in [2.24, 2.45) is 5.92 Å². The Labute approximate surface area is 155 Å². The third-order valence-corrected chi connectivity index (χ3v) is 4.82. The first-order valence-corrected chi connectivity index (χ1v) is 8.56. The quantitative estimate of drug-likeness (QED) is 0.871. The molecule has 142 valence electrons. The highest BCUT2D eigenvalue weighted by molar-refractivity contribution is 5.94. The summed E-state index contributed by atoms with van der Waals surface area (Å²) in [6, 6.07) is 13.2. The molecule has 2 aromatic rings. The Morgan fingerprint density at radius 3 is 2.30 bits per heavy atom. The van der Waals surface area contributed by atoms with Crippen LogP contribution < -0.4 is 5.32 Å². The van der Waals surface area contributed by atoms with Gasteiger partial charge in [-0.1, -0.05) is 30.3 Å². The number of carbonyl (C=O) groups is 2. The van der Waals surface area contributed by atoms with Gasteiger partial charge in [0.05, 0.1) is 17.5 Å². The molecule has 1 aliphatic rings. The maximum Gasteiger partial charge on any atom is 0.416 e. The van der Waals surface area contributed by atoms with E-state index in [0.717, 1.165) is 17.7 Å². The monoisotopic (exact) mass is 376 g/mol. The molecule has 3 rings (SSSR count). The number of piperidine rings is 1. The van der Waals surface area contributed by atoms with Gasteiger partial charge in [0.2, 0.25) is 11.8 Å². The van der Waals surface area contributed by atoms with Crippen LogP contribution in [0.1, 0.15) is 30.0 Å². The molecule has 1 fully saturated rings. The van der Waals surface area contributed by atoms with E-state index in [0.29, 0.717) is 12.1 Å². The number of hydrogen-bond acceptors (Lipinski definition) is 2. The minimum atomic E-state index is -4.42. The molecular weight excluding hydrogens is 357 g/mol. The first kappa shape index (κ1) is 18.9. The molecular formula is C20H19F3N2O2. The van der Waals surface area contributed by atoms with E-state index in [1.165, 1.54) is 12.1 Å². The van der Waals surface area contributed by atoms with Gasteiger partial charge in [0.25, 0.3) is 0 Å². The van der Waals surface area contributed by atoms with Gasteiger partial charge < -0.3 is 10.2 Å². The number of benzene rings is 2. The van der Waals surface area contributed by atoms with Crippen LogP contribution in [0.25, 0.3) is 0 Å². The zero-order valence-electron chi connectivity index (χ0n) is 14.7. The molecule has 0 bridgehead atoms. The summed E-state index contributed by atoms with van der Waals surface area (Å²) in [6.45, 7) is 0. The molecule has 0 spiro atoms. The van der Waals surface area contributed by atoms with Crippen LogP contribution in [0.15, 0.2) is 54.6 Å². The summed E-state index contributed by atoms with van der Waals surface area (Å²) < 4.78 is 38.0. The first-order chi connectivity index (χ1) is 12.8. The fourth-order valence-corrected chi connectivity index (χ4v) is 3.40. The number of likely N-dealkylation sites (tertiary alicyclic amines) is 1. The minimum absolute atomic E-state index is 0.0394. The summed E-state index contributed by atoms with van der Waals surface area (Å²) in [7, 11) is 1.66. The number of hydrogen-bond donors (Lipinski definition) is 1. The van der Waals surface area contributed by atoms with Gasteiger partial charge in [-0.15, -0.1) is 0 Å². The van der Waals surface area contributed by atoms with Crippen LogP contribution in [-0.4, -0.2) is 23.8 Å². The van der Waals surface area contributed by atoms with E-state index < -0.39 is 23.7 Å². The van der Waals surface area contributed by atoms with E-state index in [1.54, 1.807) is 11.9 Å². The molecule has 0 aliphatic carbocycles. The number of nitrogens with zero attached hydrogens (tertiary/aromatic N) is 1. The van der Waals surface area contributed by atoms with Gasteiger partial charge >= 0.3 is 6.18 Å². The molecule has 2 amide bonds. The second-order valence-electron chi connectivity index (χ2n) is 6.57. The molecule has 0 aromatic heterocycles. The summed E-state index contributed by atoms with van der Waals surface area (Å²) in [4.78, 5) is 26.5. The van der Waals surface area contributed by atoms with Crippen molar-refractivity contribution < 1.29 is 22.8 Å². The summed E-state index contributed by atoms with van der Waals surface area (Å²) in [5.41, 5.74) is 0.366. The highest BCUT2D eigenvalue weighted by Crippen LogP contribution is 2.36. The van der Waals surface area contributed by atoms with Crippen molar-refractivity contribution in [1.82, 2.24) is 4.90 Å². The fraction of sp³-hybridized carbons (Fsp3) is 0.300. The molecule has 2 atom stereocenters. The van der Waals surface area contributed by atoms with Crippen molar-refractivity contribution in [2.45, 2.75) is 25.1 Å². The van der Waals surface area contributed by atoms with Gasteiger partial charge in [0, 0.05) is 19.2 Å². The Balaban J connectivity index is 1.80. The summed E-state index contributed by atoms with van der Waals surface area (Å²) in [5, 5.41) is 2.68. The number of rotatable bonds is 3. The molecule has 0 radical (unpaired) electrons. The molecule has 1 heterocycles. The lowest BCUT2D eigenvalue weighted by Crippen LogP contribution is -2.44. The third kappa shape index (κ3) is 4.13. The van der Waals surface area contributed by atoms with Crippen molar-refractivity contribution in [2.75, 3.05) is 12.4 Å². The summed E-state index contributed by atoms with van der Waals surface area (Å²) >= 11 is 0. The number of amides is 2. The number of anilines is 1. The van der Waals surface area contributed by atoms with Crippen LogP contribution in [-0.2, 0) is 15.8 Å². The highest BCUT2D eigenvalue weighted by atomic mass is 19.4.